The standard InChI is InChI=1S/C20H21NO8S/c1-11(22)26-17-10-30-20(19(28-13(3)24)18(17)27-12(2)23)29-15-7-14(8-21-9-15)16-5-4-6-25-16/h4-9,17-20H,10H2,1-3H3/t17-,18+,19-,20?/m1/s1. The highest BCUT2D eigenvalue weighted by Gasteiger charge is 2.47. The van der Waals surface area contributed by atoms with Gasteiger partial charge >= 0.3 is 17.9 Å². The third-order valence-electron chi connectivity index (χ3n) is 4.08. The maximum absolute atomic E-state index is 11.7. The fourth-order valence-corrected chi connectivity index (χ4v) is 4.22. The molecular formula is C20H21NO8S. The van der Waals surface area contributed by atoms with Crippen molar-refractivity contribution in [2.45, 2.75) is 44.5 Å². The highest BCUT2D eigenvalue weighted by atomic mass is 32.2. The van der Waals surface area contributed by atoms with E-state index in [0.29, 0.717) is 17.1 Å². The zero-order chi connectivity index (χ0) is 21.7. The molecule has 1 fully saturated rings. The molecule has 160 valence electrons. The lowest BCUT2D eigenvalue weighted by atomic mass is 10.1. The van der Waals surface area contributed by atoms with Gasteiger partial charge in [0.2, 0.25) is 0 Å². The number of hydrogen-bond donors (Lipinski definition) is 0. The third-order valence-corrected chi connectivity index (χ3v) is 5.29. The quantitative estimate of drug-likeness (QED) is 0.495. The molecule has 2 aromatic heterocycles. The van der Waals surface area contributed by atoms with E-state index in [1.807, 2.05) is 0 Å². The Kier molecular flexibility index (Phi) is 6.99. The fraction of sp³-hybridized carbons (Fsp3) is 0.400. The van der Waals surface area contributed by atoms with Gasteiger partial charge in [0.1, 0.15) is 11.5 Å². The monoisotopic (exact) mass is 435 g/mol. The maximum atomic E-state index is 11.7. The second-order valence-corrected chi connectivity index (χ2v) is 7.63. The van der Waals surface area contributed by atoms with Crippen LogP contribution in [0.2, 0.25) is 0 Å². The van der Waals surface area contributed by atoms with Crippen LogP contribution in [-0.4, -0.2) is 52.4 Å². The minimum atomic E-state index is -1.01. The van der Waals surface area contributed by atoms with Crippen LogP contribution in [-0.2, 0) is 28.6 Å². The molecule has 1 saturated heterocycles. The Bertz CT molecular complexity index is 900. The molecule has 0 aromatic carbocycles. The van der Waals surface area contributed by atoms with Crippen molar-refractivity contribution in [3.63, 3.8) is 0 Å². The van der Waals surface area contributed by atoms with E-state index in [-0.39, 0.29) is 5.75 Å². The molecule has 0 radical (unpaired) electrons. The molecule has 0 bridgehead atoms. The van der Waals surface area contributed by atoms with E-state index in [0.717, 1.165) is 0 Å². The third kappa shape index (κ3) is 5.53. The van der Waals surface area contributed by atoms with E-state index in [9.17, 15) is 14.4 Å². The Morgan fingerprint density at radius 2 is 1.73 bits per heavy atom. The minimum absolute atomic E-state index is 0.283. The van der Waals surface area contributed by atoms with E-state index < -0.39 is 41.7 Å². The van der Waals surface area contributed by atoms with Gasteiger partial charge in [0.25, 0.3) is 0 Å². The van der Waals surface area contributed by atoms with Gasteiger partial charge in [-0.05, 0) is 18.2 Å². The highest BCUT2D eigenvalue weighted by molar-refractivity contribution is 7.99. The lowest BCUT2D eigenvalue weighted by Crippen LogP contribution is -2.55. The van der Waals surface area contributed by atoms with Crippen LogP contribution in [0, 0.1) is 0 Å². The number of nitrogens with zero attached hydrogens (tertiary/aromatic N) is 1. The van der Waals surface area contributed by atoms with Crippen molar-refractivity contribution in [3.8, 4) is 17.1 Å². The molecule has 2 aromatic rings. The van der Waals surface area contributed by atoms with Crippen molar-refractivity contribution in [1.82, 2.24) is 4.98 Å². The SMILES string of the molecule is CC(=O)O[C@H]1[C@H](OC(C)=O)CSC(Oc2cncc(-c3ccco3)c2)[C@@H]1OC(C)=O. The number of pyridine rings is 1. The van der Waals surface area contributed by atoms with Crippen LogP contribution in [0.4, 0.5) is 0 Å². The largest absolute Gasteiger partial charge is 0.474 e. The van der Waals surface area contributed by atoms with Gasteiger partial charge in [-0.1, -0.05) is 0 Å². The summed E-state index contributed by atoms with van der Waals surface area (Å²) < 4.78 is 27.4. The number of thioether (sulfide) groups is 1. The van der Waals surface area contributed by atoms with Gasteiger partial charge in [0.15, 0.2) is 23.7 Å². The van der Waals surface area contributed by atoms with Crippen molar-refractivity contribution >= 4 is 29.7 Å². The van der Waals surface area contributed by atoms with Crippen LogP contribution in [0.15, 0.2) is 41.3 Å². The van der Waals surface area contributed by atoms with Crippen LogP contribution in [0.5, 0.6) is 5.75 Å². The number of aromatic nitrogens is 1. The summed E-state index contributed by atoms with van der Waals surface area (Å²) in [4.78, 5) is 39.0. The first-order valence-corrected chi connectivity index (χ1v) is 10.2. The first-order chi connectivity index (χ1) is 14.3. The lowest BCUT2D eigenvalue weighted by Gasteiger charge is -2.39. The van der Waals surface area contributed by atoms with Gasteiger partial charge in [-0.3, -0.25) is 19.4 Å². The first kappa shape index (κ1) is 21.7. The molecule has 10 heteroatoms. The average Bonchev–Trinajstić information content (AvgIpc) is 3.20. The van der Waals surface area contributed by atoms with Gasteiger partial charge < -0.3 is 23.4 Å². The Morgan fingerprint density at radius 1 is 1.03 bits per heavy atom. The predicted molar refractivity (Wildman–Crippen MR) is 105 cm³/mol. The van der Waals surface area contributed by atoms with Crippen LogP contribution in [0.25, 0.3) is 11.3 Å². The number of ether oxygens (including phenoxy) is 4. The van der Waals surface area contributed by atoms with Gasteiger partial charge in [0.05, 0.1) is 12.5 Å². The molecule has 0 N–H and O–H groups in total. The summed E-state index contributed by atoms with van der Waals surface area (Å²) >= 11 is 1.27. The molecule has 4 atom stereocenters. The second kappa shape index (κ2) is 9.66. The molecule has 1 aliphatic heterocycles. The van der Waals surface area contributed by atoms with Gasteiger partial charge in [-0.15, -0.1) is 11.8 Å². The Hall–Kier alpha value is -3.01. The topological polar surface area (TPSA) is 114 Å². The molecule has 0 amide bonds. The first-order valence-electron chi connectivity index (χ1n) is 9.12. The van der Waals surface area contributed by atoms with Crippen LogP contribution >= 0.6 is 11.8 Å². The highest BCUT2D eigenvalue weighted by Crippen LogP contribution is 2.35. The molecule has 30 heavy (non-hydrogen) atoms. The average molecular weight is 435 g/mol. The molecule has 1 aliphatic rings. The smallest absolute Gasteiger partial charge is 0.303 e. The number of carbonyl (C=O) groups excluding carboxylic acids is 3. The summed E-state index contributed by atoms with van der Waals surface area (Å²) in [5.41, 5.74) is -0.0182. The molecule has 3 heterocycles. The number of carbonyl (C=O) groups is 3. The van der Waals surface area contributed by atoms with E-state index in [2.05, 4.69) is 4.98 Å². The van der Waals surface area contributed by atoms with Crippen molar-refractivity contribution in [2.75, 3.05) is 5.75 Å². The van der Waals surface area contributed by atoms with Crippen molar-refractivity contribution < 1.29 is 37.7 Å². The van der Waals surface area contributed by atoms with E-state index in [4.69, 9.17) is 23.4 Å². The van der Waals surface area contributed by atoms with Crippen molar-refractivity contribution in [3.05, 3.63) is 36.9 Å². The van der Waals surface area contributed by atoms with Crippen molar-refractivity contribution in [2.24, 2.45) is 0 Å². The Labute approximate surface area is 177 Å². The molecule has 9 nitrogen and oxygen atoms in total. The van der Waals surface area contributed by atoms with Crippen LogP contribution in [0.3, 0.4) is 0 Å². The molecular weight excluding hydrogens is 414 g/mol. The number of esters is 3. The lowest BCUT2D eigenvalue weighted by molar-refractivity contribution is -0.186. The summed E-state index contributed by atoms with van der Waals surface area (Å²) in [6, 6.07) is 5.28. The summed E-state index contributed by atoms with van der Waals surface area (Å²) in [5.74, 6) is -0.405. The summed E-state index contributed by atoms with van der Waals surface area (Å²) in [7, 11) is 0. The van der Waals surface area contributed by atoms with Gasteiger partial charge in [0, 0.05) is 38.3 Å². The predicted octanol–water partition coefficient (Wildman–Crippen LogP) is 2.59. The minimum Gasteiger partial charge on any atom is -0.474 e. The number of rotatable bonds is 6. The normalized spacial score (nSPS) is 23.3. The van der Waals surface area contributed by atoms with Crippen LogP contribution in [0.1, 0.15) is 20.8 Å². The van der Waals surface area contributed by atoms with E-state index in [1.54, 1.807) is 30.7 Å². The van der Waals surface area contributed by atoms with E-state index >= 15 is 0 Å². The summed E-state index contributed by atoms with van der Waals surface area (Å²) in [5, 5.41) is 0. The molecule has 3 rings (SSSR count). The van der Waals surface area contributed by atoms with Gasteiger partial charge in [-0.2, -0.15) is 0 Å². The van der Waals surface area contributed by atoms with E-state index in [1.165, 1.54) is 38.7 Å². The zero-order valence-corrected chi connectivity index (χ0v) is 17.4. The Balaban J connectivity index is 1.85. The number of hydrogen-bond acceptors (Lipinski definition) is 10. The maximum Gasteiger partial charge on any atom is 0.303 e. The molecule has 0 spiro atoms. The van der Waals surface area contributed by atoms with Gasteiger partial charge in [-0.25, -0.2) is 0 Å². The summed E-state index contributed by atoms with van der Waals surface area (Å²) in [6.07, 6.45) is 1.89. The Morgan fingerprint density at radius 3 is 2.37 bits per heavy atom. The fourth-order valence-electron chi connectivity index (χ4n) is 3.00. The zero-order valence-electron chi connectivity index (χ0n) is 16.6. The second-order valence-electron chi connectivity index (χ2n) is 6.50. The molecule has 0 saturated carbocycles. The molecule has 0 aliphatic carbocycles. The van der Waals surface area contributed by atoms with Crippen LogP contribution < -0.4 is 4.74 Å². The van der Waals surface area contributed by atoms with Crippen molar-refractivity contribution in [1.29, 1.82) is 0 Å². The summed E-state index contributed by atoms with van der Waals surface area (Å²) in [6.45, 7) is 3.72. The molecule has 1 unspecified atom stereocenters. The number of furan rings is 1.